The van der Waals surface area contributed by atoms with Crippen molar-refractivity contribution < 1.29 is 26.3 Å². The van der Waals surface area contributed by atoms with Crippen LogP contribution >= 0.6 is 45.3 Å². The molecule has 0 spiro atoms. The van der Waals surface area contributed by atoms with Gasteiger partial charge in [-0.15, -0.1) is 65.7 Å². The van der Waals surface area contributed by atoms with Gasteiger partial charge in [0.25, 0.3) is 0 Å². The Morgan fingerprint density at radius 3 is 1.12 bits per heavy atom. The number of halogens is 6. The first kappa shape index (κ1) is 51.8. The van der Waals surface area contributed by atoms with E-state index in [4.69, 9.17) is 0 Å². The normalized spacial score (nSPS) is 11.1. The van der Waals surface area contributed by atoms with Crippen LogP contribution in [0.15, 0.2) is 97.3 Å². The number of nitrogens with zero attached hydrogens (tertiary/aromatic N) is 6. The monoisotopic (exact) mass is 978 g/mol. The van der Waals surface area contributed by atoms with Crippen molar-refractivity contribution >= 4 is 45.3 Å². The van der Waals surface area contributed by atoms with Gasteiger partial charge in [0.1, 0.15) is 54.9 Å². The summed E-state index contributed by atoms with van der Waals surface area (Å²) < 4.78 is 77.8. The van der Waals surface area contributed by atoms with Crippen molar-refractivity contribution in [2.45, 2.75) is 105 Å². The average Bonchev–Trinajstić information content (AvgIpc) is 4.11. The first-order chi connectivity index (χ1) is 31.4. The third-order valence-electron chi connectivity index (χ3n) is 9.38. The molecule has 16 heteroatoms. The summed E-state index contributed by atoms with van der Waals surface area (Å²) in [6.07, 6.45) is 6.08. The molecule has 0 saturated heterocycles. The maximum absolute atomic E-state index is 13.4. The molecule has 0 aliphatic rings. The maximum atomic E-state index is 13.4. The average molecular weight is 979 g/mol. The van der Waals surface area contributed by atoms with Crippen LogP contribution in [0.2, 0.25) is 0 Å². The van der Waals surface area contributed by atoms with E-state index in [-0.39, 0.29) is 11.6 Å². The largest absolute Gasteiger partial charge is 0.249 e. The molecular formula is C50H52F6N6S4. The first-order valence-corrected chi connectivity index (χ1v) is 24.6. The second kappa shape index (κ2) is 25.1. The fraction of sp³-hybridized carbons (Fsp3) is 0.320. The summed E-state index contributed by atoms with van der Waals surface area (Å²) in [7, 11) is 0. The van der Waals surface area contributed by atoms with Crippen LogP contribution in [0.1, 0.15) is 141 Å². The minimum Gasteiger partial charge on any atom is -0.249 e. The van der Waals surface area contributed by atoms with Crippen LogP contribution in [-0.4, -0.2) is 30.4 Å². The van der Waals surface area contributed by atoms with Gasteiger partial charge in [0.05, 0.1) is 10.0 Å². The highest BCUT2D eigenvalue weighted by Crippen LogP contribution is 2.26. The maximum Gasteiger partial charge on any atom is 0.129 e. The Hall–Kier alpha value is -5.16. The van der Waals surface area contributed by atoms with Crippen molar-refractivity contribution in [1.82, 2.24) is 30.4 Å². The van der Waals surface area contributed by atoms with Gasteiger partial charge in [0.2, 0.25) is 0 Å². The molecule has 0 unspecified atom stereocenters. The highest BCUT2D eigenvalue weighted by Gasteiger charge is 2.13. The van der Waals surface area contributed by atoms with Crippen LogP contribution < -0.4 is 0 Å². The van der Waals surface area contributed by atoms with Crippen molar-refractivity contribution in [3.63, 3.8) is 0 Å². The van der Waals surface area contributed by atoms with Crippen LogP contribution in [0, 0.1) is 34.9 Å². The molecule has 0 atom stereocenters. The zero-order chi connectivity index (χ0) is 47.9. The van der Waals surface area contributed by atoms with Crippen molar-refractivity contribution in [3.05, 3.63) is 194 Å². The van der Waals surface area contributed by atoms with E-state index in [2.05, 4.69) is 71.9 Å². The molecule has 4 aromatic heterocycles. The van der Waals surface area contributed by atoms with Crippen LogP contribution in [0.3, 0.4) is 0 Å². The molecule has 0 fully saturated rings. The number of hydrogen-bond acceptors (Lipinski definition) is 10. The summed E-state index contributed by atoms with van der Waals surface area (Å²) in [6, 6.07) is 20.4. The minimum absolute atomic E-state index is 0.184. The van der Waals surface area contributed by atoms with E-state index in [1.165, 1.54) is 64.7 Å². The van der Waals surface area contributed by atoms with Crippen molar-refractivity contribution in [2.24, 2.45) is 0 Å². The molecule has 4 aromatic carbocycles. The van der Waals surface area contributed by atoms with Gasteiger partial charge in [-0.3, -0.25) is 0 Å². The molecule has 8 aromatic rings. The van der Waals surface area contributed by atoms with Gasteiger partial charge in [-0.25, -0.2) is 36.3 Å². The highest BCUT2D eigenvalue weighted by molar-refractivity contribution is 7.12. The lowest BCUT2D eigenvalue weighted by atomic mass is 10.1. The summed E-state index contributed by atoms with van der Waals surface area (Å²) in [4.78, 5) is 10.9. The number of aromatic nitrogens is 6. The van der Waals surface area contributed by atoms with Crippen molar-refractivity contribution in [3.8, 4) is 0 Å². The molecule has 0 amide bonds. The van der Waals surface area contributed by atoms with E-state index in [0.29, 0.717) is 47.6 Å². The SMILES string of the molecule is CC(C)c1ncc(Cc2ccc(F)cc2)s1.CC(C)c1ncc(Cc2ccc(F)cc2F)s1.CC(C)c1nnc(Cc2ccc(F)cc2)s1.CC(C)c1nnc(Cc2ccc(F)cc2F)s1. The van der Waals surface area contributed by atoms with Crippen molar-refractivity contribution in [1.29, 1.82) is 0 Å². The van der Waals surface area contributed by atoms with E-state index in [1.54, 1.807) is 52.3 Å². The summed E-state index contributed by atoms with van der Waals surface area (Å²) in [5.41, 5.74) is 3.14. The minimum atomic E-state index is -0.564. The fourth-order valence-corrected chi connectivity index (χ4v) is 9.39. The highest BCUT2D eigenvalue weighted by atomic mass is 32.1. The Morgan fingerprint density at radius 2 is 0.742 bits per heavy atom. The molecule has 0 saturated carbocycles. The zero-order valence-corrected chi connectivity index (χ0v) is 41.2. The third-order valence-corrected chi connectivity index (χ3v) is 14.4. The smallest absolute Gasteiger partial charge is 0.129 e. The van der Waals surface area contributed by atoms with Crippen LogP contribution in [0.25, 0.3) is 0 Å². The van der Waals surface area contributed by atoms with Crippen LogP contribution in [-0.2, 0) is 25.7 Å². The van der Waals surface area contributed by atoms with Crippen LogP contribution in [0.4, 0.5) is 26.3 Å². The van der Waals surface area contributed by atoms with Gasteiger partial charge in [-0.2, -0.15) is 0 Å². The molecule has 66 heavy (non-hydrogen) atoms. The molecule has 8 rings (SSSR count). The summed E-state index contributed by atoms with van der Waals surface area (Å²) in [5, 5.41) is 22.2. The lowest BCUT2D eigenvalue weighted by Gasteiger charge is -2.01. The van der Waals surface area contributed by atoms with Gasteiger partial charge in [0.15, 0.2) is 0 Å². The Kier molecular flexibility index (Phi) is 19.7. The Morgan fingerprint density at radius 1 is 0.379 bits per heavy atom. The predicted octanol–water partition coefficient (Wildman–Crippen LogP) is 15.1. The number of benzene rings is 4. The molecule has 348 valence electrons. The molecule has 0 radical (unpaired) electrons. The van der Waals surface area contributed by atoms with E-state index in [1.807, 2.05) is 32.2 Å². The number of thiazole rings is 2. The quantitative estimate of drug-likeness (QED) is 0.114. The van der Waals surface area contributed by atoms with E-state index in [9.17, 15) is 26.3 Å². The molecular weight excluding hydrogens is 927 g/mol. The van der Waals surface area contributed by atoms with Crippen LogP contribution in [0.5, 0.6) is 0 Å². The summed E-state index contributed by atoms with van der Waals surface area (Å²) in [6.45, 7) is 16.7. The Labute approximate surface area is 398 Å². The van der Waals surface area contributed by atoms with Gasteiger partial charge in [-0.1, -0.05) is 91.8 Å². The Bertz CT molecular complexity index is 2520. The molecule has 4 heterocycles. The van der Waals surface area contributed by atoms with Gasteiger partial charge in [0, 0.05) is 83.6 Å². The molecule has 0 aliphatic heterocycles. The topological polar surface area (TPSA) is 77.3 Å². The molecule has 0 bridgehead atoms. The summed E-state index contributed by atoms with van der Waals surface area (Å²) >= 11 is 6.40. The molecule has 0 aliphatic carbocycles. The lowest BCUT2D eigenvalue weighted by Crippen LogP contribution is -1.93. The van der Waals surface area contributed by atoms with E-state index < -0.39 is 23.3 Å². The Balaban J connectivity index is 0.000000165. The predicted molar refractivity (Wildman–Crippen MR) is 257 cm³/mol. The summed E-state index contributed by atoms with van der Waals surface area (Å²) in [5.74, 6) is -0.932. The second-order valence-corrected chi connectivity index (χ2v) is 20.9. The second-order valence-electron chi connectivity index (χ2n) is 16.4. The fourth-order valence-electron chi connectivity index (χ4n) is 5.75. The number of hydrogen-bond donors (Lipinski definition) is 0. The zero-order valence-electron chi connectivity index (χ0n) is 38.0. The van der Waals surface area contributed by atoms with E-state index >= 15 is 0 Å². The van der Waals surface area contributed by atoms with Crippen molar-refractivity contribution in [2.75, 3.05) is 0 Å². The first-order valence-electron chi connectivity index (χ1n) is 21.3. The molecule has 6 nitrogen and oxygen atoms in total. The van der Waals surface area contributed by atoms with Gasteiger partial charge >= 0.3 is 0 Å². The van der Waals surface area contributed by atoms with Gasteiger partial charge in [-0.05, 0) is 58.7 Å². The lowest BCUT2D eigenvalue weighted by molar-refractivity contribution is 0.574. The van der Waals surface area contributed by atoms with Gasteiger partial charge < -0.3 is 0 Å². The standard InChI is InChI=1S/C13H13F2NS.C13H14FNS.C12H12F2N2S.C12H13FN2S/c1-8(2)13-16-7-11(17-13)5-9-3-4-10(14)6-12(9)15;1-9(2)13-15-8-12(16-13)7-10-3-5-11(14)6-4-10;1-7(2)12-16-15-11(17-12)5-8-3-4-9(13)6-10(8)14;1-8(2)12-15-14-11(16-12)7-9-3-5-10(13)6-4-9/h3-4,6-8H,5H2,1-2H3;3-6,8-9H,7H2,1-2H3;3-4,6-7H,5H2,1-2H3;3-6,8H,7H2,1-2H3. The third kappa shape index (κ3) is 16.6. The molecule has 0 N–H and O–H groups in total. The van der Waals surface area contributed by atoms with E-state index in [0.717, 1.165) is 71.0 Å². The number of rotatable bonds is 12.